The Morgan fingerprint density at radius 2 is 2.08 bits per heavy atom. The number of amides is 1. The van der Waals surface area contributed by atoms with E-state index in [2.05, 4.69) is 15.0 Å². The van der Waals surface area contributed by atoms with Gasteiger partial charge in [-0.1, -0.05) is 12.1 Å². The van der Waals surface area contributed by atoms with Gasteiger partial charge in [0, 0.05) is 35.6 Å². The molecule has 1 aromatic heterocycles. The Labute approximate surface area is 140 Å². The molecule has 1 unspecified atom stereocenters. The van der Waals surface area contributed by atoms with Crippen LogP contribution in [0.1, 0.15) is 32.1 Å². The summed E-state index contributed by atoms with van der Waals surface area (Å²) in [7, 11) is -3.68. The first-order valence-corrected chi connectivity index (χ1v) is 9.65. The third-order valence-electron chi connectivity index (χ3n) is 5.19. The smallest absolute Gasteiger partial charge is 0.241 e. The van der Waals surface area contributed by atoms with E-state index in [0.29, 0.717) is 18.2 Å². The lowest BCUT2D eigenvalue weighted by molar-refractivity contribution is -0.127. The first kappa shape index (κ1) is 15.5. The van der Waals surface area contributed by atoms with E-state index in [0.717, 1.165) is 24.6 Å². The van der Waals surface area contributed by atoms with Crippen molar-refractivity contribution in [1.29, 1.82) is 0 Å². The minimum absolute atomic E-state index is 0.0152. The summed E-state index contributed by atoms with van der Waals surface area (Å²) >= 11 is 0. The van der Waals surface area contributed by atoms with Gasteiger partial charge in [0.05, 0.1) is 10.4 Å². The fourth-order valence-corrected chi connectivity index (χ4v) is 5.34. The van der Waals surface area contributed by atoms with Gasteiger partial charge in [0.15, 0.2) is 0 Å². The molecule has 1 amide bonds. The quantitative estimate of drug-likeness (QED) is 0.886. The molecule has 7 heteroatoms. The highest BCUT2D eigenvalue weighted by molar-refractivity contribution is 7.89. The van der Waals surface area contributed by atoms with Crippen LogP contribution in [-0.4, -0.2) is 30.9 Å². The first-order chi connectivity index (χ1) is 11.5. The van der Waals surface area contributed by atoms with Crippen LogP contribution in [0.15, 0.2) is 41.6 Å². The SMILES string of the molecule is O=C1CCC(NS(=O)(=O)c2cccc3cnccc23)C2(CCC2)N1. The molecular weight excluding hydrogens is 326 g/mol. The molecule has 6 nitrogen and oxygen atoms in total. The van der Waals surface area contributed by atoms with Gasteiger partial charge in [-0.3, -0.25) is 9.78 Å². The number of carbonyl (C=O) groups excluding carboxylic acids is 1. The van der Waals surface area contributed by atoms with Crippen LogP contribution in [0.5, 0.6) is 0 Å². The second-order valence-electron chi connectivity index (χ2n) is 6.62. The highest BCUT2D eigenvalue weighted by Gasteiger charge is 2.49. The van der Waals surface area contributed by atoms with E-state index in [4.69, 9.17) is 0 Å². The highest BCUT2D eigenvalue weighted by Crippen LogP contribution is 2.39. The van der Waals surface area contributed by atoms with Crippen molar-refractivity contribution < 1.29 is 13.2 Å². The van der Waals surface area contributed by atoms with Crippen LogP contribution in [-0.2, 0) is 14.8 Å². The maximum absolute atomic E-state index is 13.0. The van der Waals surface area contributed by atoms with E-state index in [-0.39, 0.29) is 16.8 Å². The predicted octanol–water partition coefficient (Wildman–Crippen LogP) is 1.71. The molecule has 2 fully saturated rings. The Kier molecular flexibility index (Phi) is 3.58. The van der Waals surface area contributed by atoms with Crippen molar-refractivity contribution in [2.24, 2.45) is 0 Å². The highest BCUT2D eigenvalue weighted by atomic mass is 32.2. The maximum Gasteiger partial charge on any atom is 0.241 e. The zero-order valence-corrected chi connectivity index (χ0v) is 14.0. The molecule has 1 spiro atoms. The number of rotatable bonds is 3. The lowest BCUT2D eigenvalue weighted by Gasteiger charge is -2.50. The molecule has 0 radical (unpaired) electrons. The van der Waals surface area contributed by atoms with Crippen molar-refractivity contribution in [2.75, 3.05) is 0 Å². The van der Waals surface area contributed by atoms with Gasteiger partial charge in [0.1, 0.15) is 0 Å². The Bertz CT molecular complexity index is 901. The molecule has 1 aliphatic heterocycles. The molecule has 2 N–H and O–H groups in total. The largest absolute Gasteiger partial charge is 0.349 e. The molecular formula is C17H19N3O3S. The number of nitrogens with zero attached hydrogens (tertiary/aromatic N) is 1. The van der Waals surface area contributed by atoms with Crippen molar-refractivity contribution in [3.05, 3.63) is 36.7 Å². The molecule has 1 aliphatic carbocycles. The minimum atomic E-state index is -3.68. The summed E-state index contributed by atoms with van der Waals surface area (Å²) in [4.78, 5) is 16.0. The van der Waals surface area contributed by atoms with Gasteiger partial charge in [-0.25, -0.2) is 13.1 Å². The van der Waals surface area contributed by atoms with Crippen LogP contribution in [0, 0.1) is 0 Å². The lowest BCUT2D eigenvalue weighted by atomic mass is 9.68. The number of aromatic nitrogens is 1. The summed E-state index contributed by atoms with van der Waals surface area (Å²) in [5.74, 6) is 0.0152. The Hall–Kier alpha value is -1.99. The molecule has 126 valence electrons. The van der Waals surface area contributed by atoms with E-state index in [1.165, 1.54) is 0 Å². The Morgan fingerprint density at radius 1 is 1.25 bits per heavy atom. The summed E-state index contributed by atoms with van der Waals surface area (Å²) in [6, 6.07) is 6.63. The van der Waals surface area contributed by atoms with Crippen LogP contribution in [0.25, 0.3) is 10.8 Å². The molecule has 0 bridgehead atoms. The van der Waals surface area contributed by atoms with Crippen LogP contribution in [0.2, 0.25) is 0 Å². The van der Waals surface area contributed by atoms with E-state index >= 15 is 0 Å². The number of nitrogens with one attached hydrogen (secondary N) is 2. The molecule has 1 saturated carbocycles. The van der Waals surface area contributed by atoms with Gasteiger partial charge in [0.2, 0.25) is 15.9 Å². The van der Waals surface area contributed by atoms with Gasteiger partial charge in [-0.15, -0.1) is 0 Å². The Balaban J connectivity index is 1.69. The summed E-state index contributed by atoms with van der Waals surface area (Å²) in [5.41, 5.74) is -0.408. The first-order valence-electron chi connectivity index (χ1n) is 8.16. The number of piperidine rings is 1. The van der Waals surface area contributed by atoms with Crippen molar-refractivity contribution in [3.63, 3.8) is 0 Å². The van der Waals surface area contributed by atoms with Crippen molar-refractivity contribution in [3.8, 4) is 0 Å². The summed E-state index contributed by atoms with van der Waals surface area (Å²) < 4.78 is 28.8. The predicted molar refractivity (Wildman–Crippen MR) is 89.8 cm³/mol. The molecule has 4 rings (SSSR count). The number of hydrogen-bond donors (Lipinski definition) is 2. The summed E-state index contributed by atoms with van der Waals surface area (Å²) in [6.45, 7) is 0. The Morgan fingerprint density at radius 3 is 2.83 bits per heavy atom. The van der Waals surface area contributed by atoms with Crippen molar-refractivity contribution in [2.45, 2.75) is 48.6 Å². The molecule has 24 heavy (non-hydrogen) atoms. The topological polar surface area (TPSA) is 88.2 Å². The number of carbonyl (C=O) groups is 1. The lowest BCUT2D eigenvalue weighted by Crippen LogP contribution is -2.68. The van der Waals surface area contributed by atoms with Gasteiger partial charge >= 0.3 is 0 Å². The van der Waals surface area contributed by atoms with Crippen LogP contribution >= 0.6 is 0 Å². The van der Waals surface area contributed by atoms with Gasteiger partial charge in [0.25, 0.3) is 0 Å². The molecule has 1 aromatic carbocycles. The number of sulfonamides is 1. The van der Waals surface area contributed by atoms with E-state index < -0.39 is 15.6 Å². The maximum atomic E-state index is 13.0. The number of benzene rings is 1. The second-order valence-corrected chi connectivity index (χ2v) is 8.31. The van der Waals surface area contributed by atoms with Gasteiger partial charge < -0.3 is 5.32 Å². The molecule has 1 atom stereocenters. The average molecular weight is 345 g/mol. The average Bonchev–Trinajstić information content (AvgIpc) is 2.54. The van der Waals surface area contributed by atoms with Crippen molar-refractivity contribution in [1.82, 2.24) is 15.0 Å². The normalized spacial score (nSPS) is 23.0. The standard InChI is InChI=1S/C17H19N3O3S/c21-16-6-5-15(17(19-16)8-2-9-17)20-24(22,23)14-4-1-3-12-11-18-10-7-13(12)14/h1,3-4,7,10-11,15,20H,2,5-6,8-9H2,(H,19,21). The zero-order chi connectivity index (χ0) is 16.8. The van der Waals surface area contributed by atoms with Crippen LogP contribution in [0.4, 0.5) is 0 Å². The minimum Gasteiger partial charge on any atom is -0.349 e. The van der Waals surface area contributed by atoms with E-state index in [9.17, 15) is 13.2 Å². The number of pyridine rings is 1. The second kappa shape index (κ2) is 5.53. The molecule has 2 aromatic rings. The summed E-state index contributed by atoms with van der Waals surface area (Å²) in [6.07, 6.45) is 6.80. The number of fused-ring (bicyclic) bond motifs is 1. The zero-order valence-electron chi connectivity index (χ0n) is 13.2. The fraction of sp³-hybridized carbons (Fsp3) is 0.412. The van der Waals surface area contributed by atoms with Gasteiger partial charge in [-0.2, -0.15) is 0 Å². The molecule has 2 heterocycles. The van der Waals surface area contributed by atoms with E-state index in [1.807, 2.05) is 6.07 Å². The van der Waals surface area contributed by atoms with Crippen LogP contribution in [0.3, 0.4) is 0 Å². The van der Waals surface area contributed by atoms with Gasteiger partial charge in [-0.05, 0) is 37.8 Å². The van der Waals surface area contributed by atoms with E-state index in [1.54, 1.807) is 30.6 Å². The van der Waals surface area contributed by atoms with Crippen molar-refractivity contribution >= 4 is 26.7 Å². The fourth-order valence-electron chi connectivity index (χ4n) is 3.76. The molecule has 1 saturated heterocycles. The third-order valence-corrected chi connectivity index (χ3v) is 6.72. The van der Waals surface area contributed by atoms with Crippen LogP contribution < -0.4 is 10.0 Å². The monoisotopic (exact) mass is 345 g/mol. The molecule has 2 aliphatic rings. The third kappa shape index (κ3) is 2.48. The number of hydrogen-bond acceptors (Lipinski definition) is 4. The summed E-state index contributed by atoms with van der Waals surface area (Å²) in [5, 5.41) is 4.46.